The molecule has 2 aromatic rings. The van der Waals surface area contributed by atoms with Crippen molar-refractivity contribution in [2.24, 2.45) is 0 Å². The average Bonchev–Trinajstić information content (AvgIpc) is 3.05. The van der Waals surface area contributed by atoms with Crippen molar-refractivity contribution < 1.29 is 32.3 Å². The Morgan fingerprint density at radius 1 is 1.12 bits per heavy atom. The van der Waals surface area contributed by atoms with Gasteiger partial charge in [0.15, 0.2) is 0 Å². The summed E-state index contributed by atoms with van der Waals surface area (Å²) in [6.45, 7) is 3.32. The molecule has 172 valence electrons. The van der Waals surface area contributed by atoms with Crippen molar-refractivity contribution in [2.75, 3.05) is 4.90 Å². The Morgan fingerprint density at radius 2 is 1.82 bits per heavy atom. The Bertz CT molecular complexity index is 1140. The summed E-state index contributed by atoms with van der Waals surface area (Å²) in [6, 6.07) is 8.84. The lowest BCUT2D eigenvalue weighted by Gasteiger charge is -2.27. The van der Waals surface area contributed by atoms with Crippen molar-refractivity contribution in [2.45, 2.75) is 32.5 Å². The third kappa shape index (κ3) is 5.11. The molecule has 1 fully saturated rings. The first kappa shape index (κ1) is 23.7. The summed E-state index contributed by atoms with van der Waals surface area (Å²) < 4.78 is 39.2. The molecule has 7 nitrogen and oxygen atoms in total. The van der Waals surface area contributed by atoms with Crippen LogP contribution in [0, 0.1) is 6.92 Å². The molecule has 1 atom stereocenters. The number of anilines is 1. The molecule has 0 spiro atoms. The number of allylic oxidation sites excluding steroid dienone is 1. The van der Waals surface area contributed by atoms with Crippen molar-refractivity contribution in [3.8, 4) is 0 Å². The van der Waals surface area contributed by atoms with Crippen LogP contribution in [-0.4, -0.2) is 34.7 Å². The predicted octanol–water partition coefficient (Wildman–Crippen LogP) is 3.40. The van der Waals surface area contributed by atoms with E-state index in [1.807, 2.05) is 0 Å². The fourth-order valence-corrected chi connectivity index (χ4v) is 3.38. The number of alkyl halides is 3. The minimum Gasteiger partial charge on any atom is -0.274 e. The van der Waals surface area contributed by atoms with E-state index in [0.29, 0.717) is 11.0 Å². The molecule has 0 saturated carbocycles. The number of nitrogens with zero attached hydrogens (tertiary/aromatic N) is 2. The van der Waals surface area contributed by atoms with Gasteiger partial charge in [0.05, 0.1) is 17.7 Å². The molecule has 1 N–H and O–H groups in total. The number of hydrogen-bond acceptors (Lipinski definition) is 4. The van der Waals surface area contributed by atoms with Crippen LogP contribution in [-0.2, 0) is 20.6 Å². The van der Waals surface area contributed by atoms with Gasteiger partial charge in [-0.2, -0.15) is 13.2 Å². The van der Waals surface area contributed by atoms with Gasteiger partial charge in [0.25, 0.3) is 17.7 Å². The minimum absolute atomic E-state index is 0.222. The molecule has 3 rings (SSSR count). The maximum Gasteiger partial charge on any atom is 0.416 e. The van der Waals surface area contributed by atoms with Gasteiger partial charge in [-0.3, -0.25) is 24.6 Å². The second-order valence-corrected chi connectivity index (χ2v) is 7.35. The summed E-state index contributed by atoms with van der Waals surface area (Å²) >= 11 is 0. The quantitative estimate of drug-likeness (QED) is 0.431. The molecule has 0 aliphatic carbocycles. The molecule has 0 bridgehead atoms. The van der Waals surface area contributed by atoms with Crippen LogP contribution in [0.5, 0.6) is 0 Å². The summed E-state index contributed by atoms with van der Waals surface area (Å²) in [5.41, 5.74) is 2.07. The zero-order chi connectivity index (χ0) is 24.3. The van der Waals surface area contributed by atoms with Crippen LogP contribution < -0.4 is 10.3 Å². The highest BCUT2D eigenvalue weighted by Gasteiger charge is 2.45. The molecule has 1 aliphatic rings. The Morgan fingerprint density at radius 3 is 2.45 bits per heavy atom. The first-order valence-corrected chi connectivity index (χ1v) is 9.90. The average molecular weight is 459 g/mol. The van der Waals surface area contributed by atoms with Crippen molar-refractivity contribution in [1.82, 2.24) is 10.4 Å². The fraction of sp³-hybridized carbons (Fsp3) is 0.217. The van der Waals surface area contributed by atoms with E-state index < -0.39 is 47.8 Å². The molecule has 0 radical (unpaired) electrons. The lowest BCUT2D eigenvalue weighted by Crippen LogP contribution is -2.54. The summed E-state index contributed by atoms with van der Waals surface area (Å²) in [5, 5.41) is 0.735. The molecule has 1 saturated heterocycles. The van der Waals surface area contributed by atoms with Gasteiger partial charge in [-0.1, -0.05) is 29.8 Å². The molecule has 10 heteroatoms. The number of carbonyl (C=O) groups is 4. The summed E-state index contributed by atoms with van der Waals surface area (Å²) in [7, 11) is 0. The van der Waals surface area contributed by atoms with E-state index in [1.165, 1.54) is 18.2 Å². The highest BCUT2D eigenvalue weighted by molar-refractivity contribution is 6.23. The number of benzene rings is 2. The van der Waals surface area contributed by atoms with Crippen LogP contribution in [0.25, 0.3) is 0 Å². The Labute approximate surface area is 187 Å². The second-order valence-electron chi connectivity index (χ2n) is 7.35. The molecule has 4 amide bonds. The number of rotatable bonds is 4. The smallest absolute Gasteiger partial charge is 0.274 e. The van der Waals surface area contributed by atoms with Crippen molar-refractivity contribution >= 4 is 29.3 Å². The van der Waals surface area contributed by atoms with Crippen molar-refractivity contribution in [3.63, 3.8) is 0 Å². The van der Waals surface area contributed by atoms with E-state index in [2.05, 4.69) is 5.43 Å². The van der Waals surface area contributed by atoms with Crippen LogP contribution >= 0.6 is 0 Å². The molecule has 0 aromatic heterocycles. The molecular formula is C23H20F3N3O4. The van der Waals surface area contributed by atoms with E-state index in [1.54, 1.807) is 32.0 Å². The molecule has 33 heavy (non-hydrogen) atoms. The van der Waals surface area contributed by atoms with Crippen LogP contribution in [0.4, 0.5) is 18.9 Å². The first-order valence-electron chi connectivity index (χ1n) is 9.90. The number of amides is 4. The third-order valence-corrected chi connectivity index (χ3v) is 4.92. The fourth-order valence-electron chi connectivity index (χ4n) is 3.38. The number of carbonyl (C=O) groups excluding carboxylic acids is 4. The number of imide groups is 1. The lowest BCUT2D eigenvalue weighted by atomic mass is 10.1. The Balaban J connectivity index is 1.92. The van der Waals surface area contributed by atoms with Gasteiger partial charge in [-0.05, 0) is 44.2 Å². The zero-order valence-electron chi connectivity index (χ0n) is 17.7. The monoisotopic (exact) mass is 459 g/mol. The van der Waals surface area contributed by atoms with Gasteiger partial charge in [-0.25, -0.2) is 9.91 Å². The molecule has 1 heterocycles. The third-order valence-electron chi connectivity index (χ3n) is 4.92. The van der Waals surface area contributed by atoms with Gasteiger partial charge in [-0.15, -0.1) is 0 Å². The highest BCUT2D eigenvalue weighted by Crippen LogP contribution is 2.33. The van der Waals surface area contributed by atoms with E-state index in [9.17, 15) is 32.3 Å². The van der Waals surface area contributed by atoms with Crippen LogP contribution in [0.2, 0.25) is 0 Å². The van der Waals surface area contributed by atoms with Crippen LogP contribution in [0.3, 0.4) is 0 Å². The molecule has 2 aromatic carbocycles. The normalized spacial score (nSPS) is 16.4. The SMILES string of the molecule is CC=CC(=O)N(NC(=O)c1cccc(C)c1)C1CC(=O)N(c2cccc(C(F)(F)F)c2)C1=O. The van der Waals surface area contributed by atoms with Gasteiger partial charge in [0, 0.05) is 11.6 Å². The largest absolute Gasteiger partial charge is 0.416 e. The maximum absolute atomic E-state index is 13.1. The van der Waals surface area contributed by atoms with Crippen LogP contribution in [0.1, 0.15) is 34.8 Å². The Hall–Kier alpha value is -3.95. The molecule has 1 unspecified atom stereocenters. The predicted molar refractivity (Wildman–Crippen MR) is 113 cm³/mol. The lowest BCUT2D eigenvalue weighted by molar-refractivity contribution is -0.137. The summed E-state index contributed by atoms with van der Waals surface area (Å²) in [6.07, 6.45) is -2.69. The number of hydrogen-bond donors (Lipinski definition) is 1. The summed E-state index contributed by atoms with van der Waals surface area (Å²) in [4.78, 5) is 51.6. The van der Waals surface area contributed by atoms with Crippen molar-refractivity contribution in [1.29, 1.82) is 0 Å². The number of halogens is 3. The van der Waals surface area contributed by atoms with E-state index in [-0.39, 0.29) is 11.3 Å². The second kappa shape index (κ2) is 9.27. The van der Waals surface area contributed by atoms with Gasteiger partial charge in [0.2, 0.25) is 5.91 Å². The van der Waals surface area contributed by atoms with E-state index in [0.717, 1.165) is 28.8 Å². The van der Waals surface area contributed by atoms with Gasteiger partial charge >= 0.3 is 6.18 Å². The standard InChI is InChI=1S/C23H20F3N3O4/c1-3-6-19(30)29(27-21(32)15-8-4-7-14(2)11-15)18-13-20(31)28(22(18)33)17-10-5-9-16(12-17)23(24,25)26/h3-12,18H,13H2,1-2H3,(H,27,32). The Kier molecular flexibility index (Phi) is 6.66. The van der Waals surface area contributed by atoms with E-state index >= 15 is 0 Å². The van der Waals surface area contributed by atoms with Crippen LogP contribution in [0.15, 0.2) is 60.7 Å². The number of hydrazine groups is 1. The molecule has 1 aliphatic heterocycles. The number of aryl methyl sites for hydroxylation is 1. The maximum atomic E-state index is 13.1. The minimum atomic E-state index is -4.67. The van der Waals surface area contributed by atoms with E-state index in [4.69, 9.17) is 0 Å². The van der Waals surface area contributed by atoms with Crippen molar-refractivity contribution in [3.05, 3.63) is 77.4 Å². The first-order chi connectivity index (χ1) is 15.5. The van der Waals surface area contributed by atoms with Gasteiger partial charge < -0.3 is 0 Å². The van der Waals surface area contributed by atoms with Gasteiger partial charge in [0.1, 0.15) is 6.04 Å². The summed E-state index contributed by atoms with van der Waals surface area (Å²) in [5.74, 6) is -3.18. The zero-order valence-corrected chi connectivity index (χ0v) is 17.7. The molecular weight excluding hydrogens is 439 g/mol. The highest BCUT2D eigenvalue weighted by atomic mass is 19.4. The number of nitrogens with one attached hydrogen (secondary N) is 1. The topological polar surface area (TPSA) is 86.8 Å².